The summed E-state index contributed by atoms with van der Waals surface area (Å²) in [6, 6.07) is 3.42. The van der Waals surface area contributed by atoms with Crippen molar-refractivity contribution in [2.45, 2.75) is 25.8 Å². The SMILES string of the molecule is CC(CCO)NC(=O)Cc1ccc(N)cn1. The van der Waals surface area contributed by atoms with Gasteiger partial charge in [0, 0.05) is 18.3 Å². The molecular formula is C11H17N3O2. The van der Waals surface area contributed by atoms with Crippen LogP contribution in [-0.2, 0) is 11.2 Å². The van der Waals surface area contributed by atoms with Gasteiger partial charge in [-0.25, -0.2) is 0 Å². The molecule has 0 fully saturated rings. The predicted octanol–water partition coefficient (Wildman–Crippen LogP) is 0.0934. The highest BCUT2D eigenvalue weighted by molar-refractivity contribution is 5.78. The van der Waals surface area contributed by atoms with Gasteiger partial charge in [0.05, 0.1) is 18.3 Å². The minimum atomic E-state index is -0.0989. The van der Waals surface area contributed by atoms with Gasteiger partial charge in [0.25, 0.3) is 0 Å². The second-order valence-corrected chi connectivity index (χ2v) is 3.74. The van der Waals surface area contributed by atoms with Crippen molar-refractivity contribution >= 4 is 11.6 Å². The maximum Gasteiger partial charge on any atom is 0.226 e. The van der Waals surface area contributed by atoms with Crippen LogP contribution in [0.25, 0.3) is 0 Å². The number of nitrogens with two attached hydrogens (primary N) is 1. The number of nitrogens with one attached hydrogen (secondary N) is 1. The summed E-state index contributed by atoms with van der Waals surface area (Å²) in [6.45, 7) is 1.92. The first-order valence-corrected chi connectivity index (χ1v) is 5.22. The Bertz CT molecular complexity index is 338. The minimum Gasteiger partial charge on any atom is -0.397 e. The minimum absolute atomic E-state index is 0.0220. The molecule has 0 bridgehead atoms. The van der Waals surface area contributed by atoms with E-state index >= 15 is 0 Å². The largest absolute Gasteiger partial charge is 0.397 e. The quantitative estimate of drug-likeness (QED) is 0.660. The van der Waals surface area contributed by atoms with Crippen LogP contribution >= 0.6 is 0 Å². The molecule has 0 aliphatic carbocycles. The number of aliphatic hydroxyl groups excluding tert-OH is 1. The summed E-state index contributed by atoms with van der Waals surface area (Å²) in [6.07, 6.45) is 2.32. The highest BCUT2D eigenvalue weighted by Gasteiger charge is 2.08. The van der Waals surface area contributed by atoms with Crippen molar-refractivity contribution in [2.24, 2.45) is 0 Å². The Labute approximate surface area is 94.7 Å². The third-order valence-electron chi connectivity index (χ3n) is 2.16. The van der Waals surface area contributed by atoms with Gasteiger partial charge in [0.2, 0.25) is 5.91 Å². The van der Waals surface area contributed by atoms with Crippen molar-refractivity contribution in [3.8, 4) is 0 Å². The van der Waals surface area contributed by atoms with Gasteiger partial charge in [-0.3, -0.25) is 9.78 Å². The third kappa shape index (κ3) is 4.27. The zero-order valence-corrected chi connectivity index (χ0v) is 9.31. The van der Waals surface area contributed by atoms with Crippen molar-refractivity contribution in [3.05, 3.63) is 24.0 Å². The van der Waals surface area contributed by atoms with Gasteiger partial charge in [-0.05, 0) is 25.5 Å². The summed E-state index contributed by atoms with van der Waals surface area (Å²) < 4.78 is 0. The number of hydrogen-bond donors (Lipinski definition) is 3. The van der Waals surface area contributed by atoms with Crippen LogP contribution < -0.4 is 11.1 Å². The molecule has 1 aromatic heterocycles. The number of carbonyl (C=O) groups excluding carboxylic acids is 1. The first-order valence-electron chi connectivity index (χ1n) is 5.22. The molecular weight excluding hydrogens is 206 g/mol. The number of hydrogen-bond acceptors (Lipinski definition) is 4. The molecule has 88 valence electrons. The van der Waals surface area contributed by atoms with Crippen molar-refractivity contribution in [3.63, 3.8) is 0 Å². The fourth-order valence-electron chi connectivity index (χ4n) is 1.30. The van der Waals surface area contributed by atoms with Crippen molar-refractivity contribution in [1.82, 2.24) is 10.3 Å². The lowest BCUT2D eigenvalue weighted by Crippen LogP contribution is -2.34. The van der Waals surface area contributed by atoms with E-state index in [1.54, 1.807) is 12.1 Å². The Kier molecular flexibility index (Phi) is 4.72. The summed E-state index contributed by atoms with van der Waals surface area (Å²) in [5.74, 6) is -0.0989. The van der Waals surface area contributed by atoms with E-state index in [9.17, 15) is 4.79 Å². The first-order chi connectivity index (χ1) is 7.61. The van der Waals surface area contributed by atoms with E-state index in [1.165, 1.54) is 6.20 Å². The van der Waals surface area contributed by atoms with Crippen LogP contribution in [0.5, 0.6) is 0 Å². The van der Waals surface area contributed by atoms with E-state index < -0.39 is 0 Å². The maximum atomic E-state index is 11.5. The van der Waals surface area contributed by atoms with Crippen LogP contribution in [0.2, 0.25) is 0 Å². The second-order valence-electron chi connectivity index (χ2n) is 3.74. The molecule has 1 heterocycles. The third-order valence-corrected chi connectivity index (χ3v) is 2.16. The highest BCUT2D eigenvalue weighted by atomic mass is 16.3. The molecule has 1 amide bonds. The molecule has 0 spiro atoms. The van der Waals surface area contributed by atoms with Crippen molar-refractivity contribution in [1.29, 1.82) is 0 Å². The van der Waals surface area contributed by atoms with Gasteiger partial charge in [-0.1, -0.05) is 0 Å². The number of aliphatic hydroxyl groups is 1. The normalized spacial score (nSPS) is 12.1. The van der Waals surface area contributed by atoms with Crippen LogP contribution in [-0.4, -0.2) is 28.6 Å². The molecule has 0 aliphatic heterocycles. The number of pyridine rings is 1. The lowest BCUT2D eigenvalue weighted by Gasteiger charge is -2.11. The van der Waals surface area contributed by atoms with Crippen LogP contribution in [0.3, 0.4) is 0 Å². The van der Waals surface area contributed by atoms with E-state index in [2.05, 4.69) is 10.3 Å². The summed E-state index contributed by atoms with van der Waals surface area (Å²) in [7, 11) is 0. The Morgan fingerprint density at radius 1 is 1.62 bits per heavy atom. The Balaban J connectivity index is 2.42. The predicted molar refractivity (Wildman–Crippen MR) is 61.7 cm³/mol. The number of nitrogens with zero attached hydrogens (tertiary/aromatic N) is 1. The van der Waals surface area contributed by atoms with E-state index in [1.807, 2.05) is 6.92 Å². The number of nitrogen functional groups attached to an aromatic ring is 1. The van der Waals surface area contributed by atoms with Crippen LogP contribution in [0.15, 0.2) is 18.3 Å². The number of amides is 1. The maximum absolute atomic E-state index is 11.5. The molecule has 0 radical (unpaired) electrons. The van der Waals surface area contributed by atoms with Gasteiger partial charge < -0.3 is 16.2 Å². The summed E-state index contributed by atoms with van der Waals surface area (Å²) in [5, 5.41) is 11.5. The van der Waals surface area contributed by atoms with Gasteiger partial charge in [0.1, 0.15) is 0 Å². The molecule has 1 unspecified atom stereocenters. The molecule has 1 atom stereocenters. The Hall–Kier alpha value is -1.62. The molecule has 1 rings (SSSR count). The van der Waals surface area contributed by atoms with Crippen LogP contribution in [0, 0.1) is 0 Å². The van der Waals surface area contributed by atoms with Gasteiger partial charge in [-0.15, -0.1) is 0 Å². The second kappa shape index (κ2) is 6.07. The Morgan fingerprint density at radius 2 is 2.38 bits per heavy atom. The number of aromatic nitrogens is 1. The fourth-order valence-corrected chi connectivity index (χ4v) is 1.30. The van der Waals surface area contributed by atoms with Crippen molar-refractivity contribution < 1.29 is 9.90 Å². The molecule has 0 saturated carbocycles. The smallest absolute Gasteiger partial charge is 0.226 e. The van der Waals surface area contributed by atoms with E-state index in [0.717, 1.165) is 0 Å². The summed E-state index contributed by atoms with van der Waals surface area (Å²) >= 11 is 0. The van der Waals surface area contributed by atoms with Gasteiger partial charge in [-0.2, -0.15) is 0 Å². The van der Waals surface area contributed by atoms with Gasteiger partial charge >= 0.3 is 0 Å². The van der Waals surface area contributed by atoms with Crippen LogP contribution in [0.4, 0.5) is 5.69 Å². The molecule has 0 aromatic carbocycles. The van der Waals surface area contributed by atoms with Crippen LogP contribution in [0.1, 0.15) is 19.0 Å². The monoisotopic (exact) mass is 223 g/mol. The van der Waals surface area contributed by atoms with E-state index in [-0.39, 0.29) is 25.0 Å². The number of carbonyl (C=O) groups is 1. The summed E-state index contributed by atoms with van der Waals surface area (Å²) in [4.78, 5) is 15.6. The molecule has 4 N–H and O–H groups in total. The topological polar surface area (TPSA) is 88.2 Å². The highest BCUT2D eigenvalue weighted by Crippen LogP contribution is 2.02. The van der Waals surface area contributed by atoms with E-state index in [4.69, 9.17) is 10.8 Å². The number of anilines is 1. The van der Waals surface area contributed by atoms with Crippen molar-refractivity contribution in [2.75, 3.05) is 12.3 Å². The van der Waals surface area contributed by atoms with Gasteiger partial charge in [0.15, 0.2) is 0 Å². The van der Waals surface area contributed by atoms with E-state index in [0.29, 0.717) is 17.8 Å². The first kappa shape index (κ1) is 12.4. The molecule has 0 aliphatic rings. The molecule has 0 saturated heterocycles. The fraction of sp³-hybridized carbons (Fsp3) is 0.455. The molecule has 1 aromatic rings. The summed E-state index contributed by atoms with van der Waals surface area (Å²) in [5.41, 5.74) is 6.75. The molecule has 5 nitrogen and oxygen atoms in total. The number of rotatable bonds is 5. The zero-order chi connectivity index (χ0) is 12.0. The molecule has 16 heavy (non-hydrogen) atoms. The Morgan fingerprint density at radius 3 is 2.94 bits per heavy atom. The average molecular weight is 223 g/mol. The zero-order valence-electron chi connectivity index (χ0n) is 9.31. The standard InChI is InChI=1S/C11H17N3O2/c1-8(4-5-15)14-11(16)6-10-3-2-9(12)7-13-10/h2-3,7-8,15H,4-6,12H2,1H3,(H,14,16). The lowest BCUT2D eigenvalue weighted by molar-refractivity contribution is -0.121. The molecule has 5 heteroatoms. The lowest BCUT2D eigenvalue weighted by atomic mass is 10.2. The average Bonchev–Trinajstić information content (AvgIpc) is 2.21.